The van der Waals surface area contributed by atoms with Crippen molar-refractivity contribution in [2.45, 2.75) is 171 Å². The molecular weight excluding hydrogens is 1260 g/mol. The van der Waals surface area contributed by atoms with E-state index in [9.17, 15) is 52.7 Å². The minimum atomic E-state index is -1.07. The van der Waals surface area contributed by atoms with Crippen LogP contribution in [0.1, 0.15) is 159 Å². The molecule has 0 aromatic heterocycles. The van der Waals surface area contributed by atoms with Gasteiger partial charge in [-0.1, -0.05) is 29.7 Å². The second-order valence-electron chi connectivity index (χ2n) is 23.0. The van der Waals surface area contributed by atoms with Crippen LogP contribution in [0.3, 0.4) is 0 Å². The molecule has 2 N–H and O–H groups in total. The van der Waals surface area contributed by atoms with Gasteiger partial charge < -0.3 is 92.1 Å². The number of hydrogen-bond donors (Lipinski definition) is 2. The molecule has 0 aromatic carbocycles. The predicted octanol–water partition coefficient (Wildman–Crippen LogP) is 3.27. The zero-order valence-corrected chi connectivity index (χ0v) is 54.6. The zero-order valence-electron chi connectivity index (χ0n) is 54.6. The standard InChI is InChI=1S/C62H104N8O22.4CH4/c1-50(91-59(78)19-29-69-39-35-67(36-40-69)27-17-57(76)89-48-87-55(74)15-25-65-31-21-63-22-32-65)61(80)85-44-10-4-7-12-52(71)82-43-9-3-6-13-53(72)83-46-47-84-54(73)14-8-5-11-45-86-62(81)51(2)92-60(79)20-30-70-41-37-68(38-42-70)28-18-58(77)90-49-88-56(75)16-26-66-33-23-64-24-34-66;;;;/h50-51,63-64H,3-49H2,1-2H3;4*1H4. The first-order valence-electron chi connectivity index (χ1n) is 33.1. The van der Waals surface area contributed by atoms with Gasteiger partial charge in [-0.15, -0.1) is 0 Å². The van der Waals surface area contributed by atoms with Gasteiger partial charge in [-0.2, -0.15) is 0 Å². The van der Waals surface area contributed by atoms with Crippen molar-refractivity contribution in [3.8, 4) is 0 Å². The molecule has 0 amide bonds. The maximum absolute atomic E-state index is 12.5. The Kier molecular flexibility index (Phi) is 52.2. The summed E-state index contributed by atoms with van der Waals surface area (Å²) in [6.07, 6.45) is 4.39. The topological polar surface area (TPSA) is 333 Å². The largest absolute Gasteiger partial charge is 0.466 e. The quantitative estimate of drug-likeness (QED) is 0.0382. The van der Waals surface area contributed by atoms with Crippen molar-refractivity contribution < 1.29 is 105 Å². The van der Waals surface area contributed by atoms with Crippen LogP contribution in [0.2, 0.25) is 0 Å². The van der Waals surface area contributed by atoms with Crippen molar-refractivity contribution in [2.75, 3.05) is 191 Å². The van der Waals surface area contributed by atoms with Crippen LogP contribution in [0.4, 0.5) is 0 Å². The number of rotatable bonds is 47. The molecule has 0 radical (unpaired) electrons. The second-order valence-corrected chi connectivity index (χ2v) is 23.0. The Labute approximate surface area is 570 Å². The lowest BCUT2D eigenvalue weighted by molar-refractivity contribution is -0.169. The molecule has 2 atom stereocenters. The Morgan fingerprint density at radius 1 is 0.271 bits per heavy atom. The van der Waals surface area contributed by atoms with E-state index in [1.54, 1.807) is 0 Å². The van der Waals surface area contributed by atoms with Crippen LogP contribution < -0.4 is 10.6 Å². The van der Waals surface area contributed by atoms with Gasteiger partial charge in [0.15, 0.2) is 12.2 Å². The lowest BCUT2D eigenvalue weighted by atomic mass is 10.2. The highest BCUT2D eigenvalue weighted by atomic mass is 16.7. The minimum Gasteiger partial charge on any atom is -0.466 e. The summed E-state index contributed by atoms with van der Waals surface area (Å²) < 4.78 is 56.9. The van der Waals surface area contributed by atoms with Gasteiger partial charge in [0.25, 0.3) is 0 Å². The van der Waals surface area contributed by atoms with Crippen LogP contribution in [0.5, 0.6) is 0 Å². The average Bonchev–Trinajstić information content (AvgIpc) is 2.03. The van der Waals surface area contributed by atoms with Crippen LogP contribution in [0.15, 0.2) is 0 Å². The Hall–Kier alpha value is -6.15. The summed E-state index contributed by atoms with van der Waals surface area (Å²) in [6.45, 7) is 18.2. The molecule has 4 aliphatic rings. The fourth-order valence-electron chi connectivity index (χ4n) is 10.00. The van der Waals surface area contributed by atoms with Gasteiger partial charge >= 0.3 is 65.7 Å². The fraction of sp³-hybridized carbons (Fsp3) is 0.833. The second kappa shape index (κ2) is 55.8. The number of esters is 11. The first-order valence-corrected chi connectivity index (χ1v) is 33.1. The lowest BCUT2D eigenvalue weighted by Gasteiger charge is -2.34. The average molecular weight is 1380 g/mol. The van der Waals surface area contributed by atoms with E-state index < -0.39 is 85.5 Å². The van der Waals surface area contributed by atoms with Crippen LogP contribution in [-0.4, -0.2) is 298 Å². The summed E-state index contributed by atoms with van der Waals surface area (Å²) >= 11 is 0. The molecule has 4 heterocycles. The molecular formula is C66H120N8O22. The van der Waals surface area contributed by atoms with Crippen molar-refractivity contribution in [1.82, 2.24) is 40.0 Å². The Morgan fingerprint density at radius 2 is 0.500 bits per heavy atom. The third kappa shape index (κ3) is 44.6. The van der Waals surface area contributed by atoms with E-state index in [1.807, 2.05) is 0 Å². The molecule has 2 unspecified atom stereocenters. The summed E-state index contributed by atoms with van der Waals surface area (Å²) in [4.78, 5) is 147. The summed E-state index contributed by atoms with van der Waals surface area (Å²) in [6, 6.07) is 0. The predicted molar refractivity (Wildman–Crippen MR) is 354 cm³/mol. The summed E-state index contributed by atoms with van der Waals surface area (Å²) in [5, 5.41) is 6.52. The molecule has 0 bridgehead atoms. The van der Waals surface area contributed by atoms with Crippen molar-refractivity contribution >= 4 is 65.7 Å². The van der Waals surface area contributed by atoms with Gasteiger partial charge in [-0.05, 0) is 71.6 Å². The number of unbranched alkanes of at least 4 members (excludes halogenated alkanes) is 6. The van der Waals surface area contributed by atoms with Gasteiger partial charge in [-0.3, -0.25) is 43.2 Å². The normalized spacial score (nSPS) is 16.1. The zero-order chi connectivity index (χ0) is 66.4. The molecule has 556 valence electrons. The van der Waals surface area contributed by atoms with E-state index in [1.165, 1.54) is 13.8 Å². The highest BCUT2D eigenvalue weighted by Crippen LogP contribution is 2.12. The highest BCUT2D eigenvalue weighted by Gasteiger charge is 2.25. The smallest absolute Gasteiger partial charge is 0.347 e. The number of carbonyl (C=O) groups is 11. The summed E-state index contributed by atoms with van der Waals surface area (Å²) in [7, 11) is 0. The molecule has 0 spiro atoms. The molecule has 0 saturated carbocycles. The van der Waals surface area contributed by atoms with E-state index in [0.29, 0.717) is 149 Å². The first-order chi connectivity index (χ1) is 44.5. The minimum absolute atomic E-state index is 0. The molecule has 4 fully saturated rings. The van der Waals surface area contributed by atoms with Gasteiger partial charge in [0.05, 0.1) is 58.3 Å². The maximum atomic E-state index is 12.5. The highest BCUT2D eigenvalue weighted by molar-refractivity contribution is 5.80. The van der Waals surface area contributed by atoms with Crippen molar-refractivity contribution in [2.24, 2.45) is 0 Å². The molecule has 96 heavy (non-hydrogen) atoms. The van der Waals surface area contributed by atoms with Gasteiger partial charge in [0.1, 0.15) is 13.2 Å². The van der Waals surface area contributed by atoms with E-state index in [2.05, 4.69) is 40.0 Å². The number of ether oxygens (including phenoxy) is 11. The molecule has 0 aromatic rings. The molecule has 4 rings (SSSR count). The Bertz CT molecular complexity index is 2210. The number of nitrogens with zero attached hydrogens (tertiary/aromatic N) is 6. The van der Waals surface area contributed by atoms with Crippen molar-refractivity contribution in [3.63, 3.8) is 0 Å². The van der Waals surface area contributed by atoms with Crippen molar-refractivity contribution in [1.29, 1.82) is 0 Å². The van der Waals surface area contributed by atoms with Crippen LogP contribution in [-0.2, 0) is 105 Å². The lowest BCUT2D eigenvalue weighted by Crippen LogP contribution is -2.47. The molecule has 4 saturated heterocycles. The van der Waals surface area contributed by atoms with Gasteiger partial charge in [0.2, 0.25) is 13.6 Å². The van der Waals surface area contributed by atoms with E-state index in [0.717, 1.165) is 52.4 Å². The summed E-state index contributed by atoms with van der Waals surface area (Å²) in [5.74, 6) is -5.25. The van der Waals surface area contributed by atoms with E-state index in [-0.39, 0.29) is 126 Å². The van der Waals surface area contributed by atoms with E-state index >= 15 is 0 Å². The Morgan fingerprint density at radius 3 is 0.781 bits per heavy atom. The van der Waals surface area contributed by atoms with E-state index in [4.69, 9.17) is 52.1 Å². The number of nitrogens with one attached hydrogen (secondary N) is 2. The van der Waals surface area contributed by atoms with Crippen LogP contribution in [0.25, 0.3) is 0 Å². The third-order valence-corrected chi connectivity index (χ3v) is 15.7. The van der Waals surface area contributed by atoms with Crippen LogP contribution >= 0.6 is 0 Å². The van der Waals surface area contributed by atoms with Crippen LogP contribution in [0, 0.1) is 0 Å². The summed E-state index contributed by atoms with van der Waals surface area (Å²) in [5.41, 5.74) is 0. The molecule has 30 heteroatoms. The van der Waals surface area contributed by atoms with Gasteiger partial charge in [-0.25, -0.2) is 9.59 Å². The monoisotopic (exact) mass is 1380 g/mol. The maximum Gasteiger partial charge on any atom is 0.347 e. The van der Waals surface area contributed by atoms with Crippen molar-refractivity contribution in [3.05, 3.63) is 0 Å². The fourth-order valence-corrected chi connectivity index (χ4v) is 10.00. The molecule has 0 aliphatic carbocycles. The Balaban J connectivity index is 0.0000226. The third-order valence-electron chi connectivity index (χ3n) is 15.7. The number of hydrogen-bond acceptors (Lipinski definition) is 30. The first kappa shape index (κ1) is 89.8. The van der Waals surface area contributed by atoms with Gasteiger partial charge in [0, 0.05) is 163 Å². The number of piperazine rings is 4. The molecule has 30 nitrogen and oxygen atoms in total. The number of carbonyl (C=O) groups excluding carboxylic acids is 11. The molecule has 4 aliphatic heterocycles. The SMILES string of the molecule is C.C.C.C.CC(OC(=O)CCN1CCN(CCC(=O)OCOC(=O)CCN2CCNCC2)CC1)C(=O)OCCCCCC(=O)OCCCCCC(=O)OCCOC(=O)CCCCCOC(=O)C(C)OC(=O)CCN1CCN(CCC(=O)OCOC(=O)CCN2CCNCC2)CC1.